The number of carbonyl (C=O) groups is 1. The number of nitrogens with one attached hydrogen (secondary N) is 1. The van der Waals surface area contributed by atoms with Gasteiger partial charge >= 0.3 is 6.03 Å². The monoisotopic (exact) mass is 342 g/mol. The summed E-state index contributed by atoms with van der Waals surface area (Å²) < 4.78 is 1.79. The molecule has 0 spiro atoms. The van der Waals surface area contributed by atoms with Gasteiger partial charge in [0.25, 0.3) is 0 Å². The number of benzene rings is 1. The number of phenols is 1. The Morgan fingerprint density at radius 1 is 1.28 bits per heavy atom. The normalized spacial score (nSPS) is 17.6. The fourth-order valence-electron chi connectivity index (χ4n) is 3.52. The van der Waals surface area contributed by atoms with Gasteiger partial charge in [-0.2, -0.15) is 5.10 Å². The number of urea groups is 1. The molecule has 6 heteroatoms. The Bertz CT molecular complexity index is 752. The summed E-state index contributed by atoms with van der Waals surface area (Å²) >= 11 is 0. The Morgan fingerprint density at radius 3 is 2.64 bits per heavy atom. The predicted molar refractivity (Wildman–Crippen MR) is 97.9 cm³/mol. The van der Waals surface area contributed by atoms with Crippen LogP contribution in [0.3, 0.4) is 0 Å². The molecule has 134 valence electrons. The van der Waals surface area contributed by atoms with Gasteiger partial charge in [0.1, 0.15) is 5.75 Å². The Balaban J connectivity index is 1.73. The molecule has 1 aromatic carbocycles. The topological polar surface area (TPSA) is 70.4 Å². The number of amides is 2. The maximum atomic E-state index is 12.9. The third-order valence-electron chi connectivity index (χ3n) is 5.04. The Kier molecular flexibility index (Phi) is 4.97. The molecule has 0 radical (unpaired) electrons. The second kappa shape index (κ2) is 7.17. The first-order chi connectivity index (χ1) is 12.0. The van der Waals surface area contributed by atoms with Crippen molar-refractivity contribution in [1.82, 2.24) is 14.7 Å². The Labute approximate surface area is 148 Å². The van der Waals surface area contributed by atoms with Gasteiger partial charge in [0, 0.05) is 19.6 Å². The van der Waals surface area contributed by atoms with E-state index in [0.717, 1.165) is 54.9 Å². The summed E-state index contributed by atoms with van der Waals surface area (Å²) in [6, 6.07) is 7.37. The number of likely N-dealkylation sites (tertiary alicyclic amines) is 1. The summed E-state index contributed by atoms with van der Waals surface area (Å²) in [6.45, 7) is 4.64. The van der Waals surface area contributed by atoms with Crippen LogP contribution >= 0.6 is 0 Å². The van der Waals surface area contributed by atoms with Crippen LogP contribution in [0.25, 0.3) is 0 Å². The van der Waals surface area contributed by atoms with Crippen LogP contribution in [0.4, 0.5) is 10.5 Å². The van der Waals surface area contributed by atoms with Crippen LogP contribution in [0.2, 0.25) is 0 Å². The zero-order chi connectivity index (χ0) is 18.0. The van der Waals surface area contributed by atoms with Crippen molar-refractivity contribution in [2.24, 2.45) is 7.05 Å². The van der Waals surface area contributed by atoms with Crippen LogP contribution in [0.5, 0.6) is 5.75 Å². The van der Waals surface area contributed by atoms with Crippen LogP contribution in [0.1, 0.15) is 36.2 Å². The van der Waals surface area contributed by atoms with E-state index in [1.807, 2.05) is 37.9 Å². The molecular weight excluding hydrogens is 316 g/mol. The van der Waals surface area contributed by atoms with Crippen LogP contribution in [-0.4, -0.2) is 38.4 Å². The summed E-state index contributed by atoms with van der Waals surface area (Å²) in [4.78, 5) is 14.8. The zero-order valence-corrected chi connectivity index (χ0v) is 15.1. The summed E-state index contributed by atoms with van der Waals surface area (Å²) in [5.41, 5.74) is 3.73. The van der Waals surface area contributed by atoms with Gasteiger partial charge in [-0.05, 0) is 57.2 Å². The van der Waals surface area contributed by atoms with Crippen LogP contribution in [0, 0.1) is 13.8 Å². The lowest BCUT2D eigenvalue weighted by atomic mass is 9.96. The average Bonchev–Trinajstić information content (AvgIpc) is 2.83. The molecule has 2 heterocycles. The van der Waals surface area contributed by atoms with E-state index >= 15 is 0 Å². The molecule has 3 rings (SSSR count). The fourth-order valence-corrected chi connectivity index (χ4v) is 3.52. The minimum atomic E-state index is -0.0531. The number of phenolic OH excluding ortho intramolecular Hbond substituents is 1. The summed E-state index contributed by atoms with van der Waals surface area (Å²) in [5.74, 6) is 0.268. The number of hydrogen-bond acceptors (Lipinski definition) is 3. The SMILES string of the molecule is Cc1nn(C)c(C)c1NC(=O)N1CCCCC1Cc1ccc(O)cc1. The van der Waals surface area contributed by atoms with E-state index in [1.165, 1.54) is 0 Å². The number of aromatic nitrogens is 2. The average molecular weight is 342 g/mol. The third kappa shape index (κ3) is 3.78. The highest BCUT2D eigenvalue weighted by molar-refractivity contribution is 5.90. The first kappa shape index (κ1) is 17.3. The smallest absolute Gasteiger partial charge is 0.322 e. The van der Waals surface area contributed by atoms with E-state index in [4.69, 9.17) is 0 Å². The predicted octanol–water partition coefficient (Wildman–Crippen LogP) is 3.37. The molecule has 1 aliphatic heterocycles. The van der Waals surface area contributed by atoms with Crippen LogP contribution < -0.4 is 5.32 Å². The highest BCUT2D eigenvalue weighted by atomic mass is 16.3. The molecule has 0 bridgehead atoms. The van der Waals surface area contributed by atoms with Crippen molar-refractivity contribution >= 4 is 11.7 Å². The molecule has 6 nitrogen and oxygen atoms in total. The van der Waals surface area contributed by atoms with E-state index < -0.39 is 0 Å². The quantitative estimate of drug-likeness (QED) is 0.898. The number of hydrogen-bond donors (Lipinski definition) is 2. The van der Waals surface area contributed by atoms with Gasteiger partial charge in [0.05, 0.1) is 17.1 Å². The van der Waals surface area contributed by atoms with Gasteiger partial charge in [0.15, 0.2) is 0 Å². The number of carbonyl (C=O) groups excluding carboxylic acids is 1. The lowest BCUT2D eigenvalue weighted by Gasteiger charge is -2.36. The lowest BCUT2D eigenvalue weighted by Crippen LogP contribution is -2.47. The van der Waals surface area contributed by atoms with Gasteiger partial charge in [-0.15, -0.1) is 0 Å². The van der Waals surface area contributed by atoms with Crippen molar-refractivity contribution in [3.63, 3.8) is 0 Å². The van der Waals surface area contributed by atoms with Crippen LogP contribution in [0.15, 0.2) is 24.3 Å². The highest BCUT2D eigenvalue weighted by Gasteiger charge is 2.28. The van der Waals surface area contributed by atoms with E-state index in [0.29, 0.717) is 0 Å². The molecule has 1 aliphatic rings. The third-order valence-corrected chi connectivity index (χ3v) is 5.04. The molecule has 1 aromatic heterocycles. The molecule has 0 aliphatic carbocycles. The molecule has 2 amide bonds. The van der Waals surface area contributed by atoms with E-state index in [-0.39, 0.29) is 17.8 Å². The first-order valence-corrected chi connectivity index (χ1v) is 8.81. The Hall–Kier alpha value is -2.50. The van der Waals surface area contributed by atoms with E-state index in [9.17, 15) is 9.90 Å². The lowest BCUT2D eigenvalue weighted by molar-refractivity contribution is 0.162. The Morgan fingerprint density at radius 2 is 2.00 bits per heavy atom. The molecule has 1 saturated heterocycles. The standard InChI is InChI=1S/C19H26N4O2/c1-13-18(14(2)22(3)21-13)20-19(25)23-11-5-4-6-16(23)12-15-7-9-17(24)10-8-15/h7-10,16,24H,4-6,11-12H2,1-3H3,(H,20,25). The maximum absolute atomic E-state index is 12.9. The zero-order valence-electron chi connectivity index (χ0n) is 15.1. The highest BCUT2D eigenvalue weighted by Crippen LogP contribution is 2.24. The van der Waals surface area contributed by atoms with Gasteiger partial charge in [-0.3, -0.25) is 4.68 Å². The number of rotatable bonds is 3. The van der Waals surface area contributed by atoms with E-state index in [2.05, 4.69) is 10.4 Å². The molecule has 1 atom stereocenters. The number of piperidine rings is 1. The first-order valence-electron chi connectivity index (χ1n) is 8.81. The minimum absolute atomic E-state index is 0.0531. The van der Waals surface area contributed by atoms with Crippen molar-refractivity contribution in [3.8, 4) is 5.75 Å². The van der Waals surface area contributed by atoms with Crippen molar-refractivity contribution in [3.05, 3.63) is 41.2 Å². The van der Waals surface area contributed by atoms with Gasteiger partial charge in [0.2, 0.25) is 0 Å². The fraction of sp³-hybridized carbons (Fsp3) is 0.474. The number of anilines is 1. The number of aryl methyl sites for hydroxylation is 2. The second-order valence-corrected chi connectivity index (χ2v) is 6.81. The van der Waals surface area contributed by atoms with Crippen molar-refractivity contribution in [2.75, 3.05) is 11.9 Å². The van der Waals surface area contributed by atoms with Crippen molar-refractivity contribution in [2.45, 2.75) is 45.6 Å². The van der Waals surface area contributed by atoms with Gasteiger partial charge in [-0.25, -0.2) is 4.79 Å². The summed E-state index contributed by atoms with van der Waals surface area (Å²) in [5, 5.41) is 16.9. The largest absolute Gasteiger partial charge is 0.508 e. The second-order valence-electron chi connectivity index (χ2n) is 6.81. The number of aromatic hydroxyl groups is 1. The molecule has 2 N–H and O–H groups in total. The van der Waals surface area contributed by atoms with Gasteiger partial charge in [-0.1, -0.05) is 12.1 Å². The minimum Gasteiger partial charge on any atom is -0.508 e. The number of nitrogens with zero attached hydrogens (tertiary/aromatic N) is 3. The summed E-state index contributed by atoms with van der Waals surface area (Å²) in [6.07, 6.45) is 3.97. The van der Waals surface area contributed by atoms with Crippen molar-refractivity contribution in [1.29, 1.82) is 0 Å². The molecule has 1 unspecified atom stereocenters. The maximum Gasteiger partial charge on any atom is 0.322 e. The summed E-state index contributed by atoms with van der Waals surface area (Å²) in [7, 11) is 1.88. The van der Waals surface area contributed by atoms with Crippen LogP contribution in [-0.2, 0) is 13.5 Å². The van der Waals surface area contributed by atoms with E-state index in [1.54, 1.807) is 16.8 Å². The molecule has 2 aromatic rings. The molecule has 0 saturated carbocycles. The molecule has 1 fully saturated rings. The van der Waals surface area contributed by atoms with Gasteiger partial charge < -0.3 is 15.3 Å². The molecule has 25 heavy (non-hydrogen) atoms. The van der Waals surface area contributed by atoms with Crippen molar-refractivity contribution < 1.29 is 9.90 Å². The molecular formula is C19H26N4O2.